The van der Waals surface area contributed by atoms with E-state index in [2.05, 4.69) is 34.3 Å². The first-order valence-electron chi connectivity index (χ1n) is 10.1. The van der Waals surface area contributed by atoms with Gasteiger partial charge in [0.15, 0.2) is 5.82 Å². The summed E-state index contributed by atoms with van der Waals surface area (Å²) in [6.45, 7) is 4.86. The van der Waals surface area contributed by atoms with Crippen LogP contribution in [0.5, 0.6) is 5.75 Å². The summed E-state index contributed by atoms with van der Waals surface area (Å²) in [5, 5.41) is 12.9. The normalized spacial score (nSPS) is 15.8. The van der Waals surface area contributed by atoms with Crippen LogP contribution in [0.25, 0.3) is 22.2 Å². The molecule has 0 spiro atoms. The SMILES string of the molecule is COc1ccc(-c2ccccc2C)c2ncc(NC(=O)N3CCC(C)(O)CC3)nc12. The summed E-state index contributed by atoms with van der Waals surface area (Å²) in [5.74, 6) is 0.963. The van der Waals surface area contributed by atoms with E-state index < -0.39 is 5.60 Å². The van der Waals surface area contributed by atoms with Gasteiger partial charge in [-0.15, -0.1) is 0 Å². The van der Waals surface area contributed by atoms with Gasteiger partial charge < -0.3 is 14.7 Å². The number of carbonyl (C=O) groups excluding carboxylic acids is 1. The number of methoxy groups -OCH3 is 1. The molecule has 0 unspecified atom stereocenters. The van der Waals surface area contributed by atoms with Crippen molar-refractivity contribution in [2.75, 3.05) is 25.5 Å². The number of ether oxygens (including phenoxy) is 1. The Morgan fingerprint density at radius 3 is 2.57 bits per heavy atom. The smallest absolute Gasteiger partial charge is 0.323 e. The van der Waals surface area contributed by atoms with Crippen molar-refractivity contribution in [2.24, 2.45) is 0 Å². The lowest BCUT2D eigenvalue weighted by molar-refractivity contribution is 0.00569. The number of likely N-dealkylation sites (tertiary alicyclic amines) is 1. The van der Waals surface area contributed by atoms with Gasteiger partial charge >= 0.3 is 6.03 Å². The molecule has 7 nitrogen and oxygen atoms in total. The molecule has 7 heteroatoms. The highest BCUT2D eigenvalue weighted by Crippen LogP contribution is 2.34. The maximum atomic E-state index is 12.6. The highest BCUT2D eigenvalue weighted by molar-refractivity contribution is 5.97. The minimum absolute atomic E-state index is 0.242. The van der Waals surface area contributed by atoms with E-state index in [1.807, 2.05) is 24.3 Å². The molecule has 2 N–H and O–H groups in total. The number of aryl methyl sites for hydroxylation is 1. The number of carbonyl (C=O) groups is 1. The number of hydrogen-bond donors (Lipinski definition) is 2. The zero-order valence-corrected chi connectivity index (χ0v) is 17.5. The van der Waals surface area contributed by atoms with Crippen LogP contribution in [0.2, 0.25) is 0 Å². The third-order valence-corrected chi connectivity index (χ3v) is 5.68. The molecule has 1 fully saturated rings. The lowest BCUT2D eigenvalue weighted by atomic mass is 9.94. The fourth-order valence-corrected chi connectivity index (χ4v) is 3.77. The van der Waals surface area contributed by atoms with E-state index in [0.717, 1.165) is 22.2 Å². The number of rotatable bonds is 3. The Hall–Kier alpha value is -3.19. The largest absolute Gasteiger partial charge is 0.494 e. The molecule has 2 aromatic carbocycles. The average molecular weight is 406 g/mol. The molecule has 156 valence electrons. The van der Waals surface area contributed by atoms with Gasteiger partial charge in [-0.05, 0) is 49.9 Å². The maximum Gasteiger partial charge on any atom is 0.323 e. The van der Waals surface area contributed by atoms with Crippen molar-refractivity contribution in [3.8, 4) is 16.9 Å². The van der Waals surface area contributed by atoms with Crippen LogP contribution >= 0.6 is 0 Å². The molecule has 0 bridgehead atoms. The number of aromatic nitrogens is 2. The molecule has 1 saturated heterocycles. The van der Waals surface area contributed by atoms with E-state index in [-0.39, 0.29) is 6.03 Å². The first kappa shape index (κ1) is 20.1. The molecule has 1 aliphatic rings. The minimum Gasteiger partial charge on any atom is -0.494 e. The first-order valence-corrected chi connectivity index (χ1v) is 10.1. The lowest BCUT2D eigenvalue weighted by Crippen LogP contribution is -2.46. The number of aliphatic hydroxyl groups is 1. The molecule has 2 heterocycles. The summed E-state index contributed by atoms with van der Waals surface area (Å²) in [6, 6.07) is 11.7. The second-order valence-electron chi connectivity index (χ2n) is 8.00. The van der Waals surface area contributed by atoms with Crippen molar-refractivity contribution in [3.63, 3.8) is 0 Å². The Morgan fingerprint density at radius 1 is 1.13 bits per heavy atom. The Balaban J connectivity index is 1.65. The number of piperidine rings is 1. The zero-order chi connectivity index (χ0) is 21.3. The Bertz CT molecular complexity index is 1090. The highest BCUT2D eigenvalue weighted by Gasteiger charge is 2.29. The van der Waals surface area contributed by atoms with Crippen LogP contribution in [0.3, 0.4) is 0 Å². The van der Waals surface area contributed by atoms with Crippen LogP contribution in [0.15, 0.2) is 42.6 Å². The highest BCUT2D eigenvalue weighted by atomic mass is 16.5. The molecule has 1 aromatic heterocycles. The van der Waals surface area contributed by atoms with Gasteiger partial charge in [-0.3, -0.25) is 5.32 Å². The summed E-state index contributed by atoms with van der Waals surface area (Å²) in [6.07, 6.45) is 2.68. The summed E-state index contributed by atoms with van der Waals surface area (Å²) in [5.41, 5.74) is 3.79. The molecule has 0 radical (unpaired) electrons. The van der Waals surface area contributed by atoms with Crippen molar-refractivity contribution in [2.45, 2.75) is 32.3 Å². The average Bonchev–Trinajstić information content (AvgIpc) is 2.73. The maximum absolute atomic E-state index is 12.6. The Labute approximate surface area is 175 Å². The van der Waals surface area contributed by atoms with E-state index >= 15 is 0 Å². The van der Waals surface area contributed by atoms with Crippen LogP contribution in [-0.4, -0.2) is 51.8 Å². The van der Waals surface area contributed by atoms with Crippen LogP contribution < -0.4 is 10.1 Å². The number of nitrogens with one attached hydrogen (secondary N) is 1. The van der Waals surface area contributed by atoms with Gasteiger partial charge in [0.05, 0.1) is 18.9 Å². The quantitative estimate of drug-likeness (QED) is 0.687. The number of benzene rings is 2. The van der Waals surface area contributed by atoms with Crippen LogP contribution in [0, 0.1) is 6.92 Å². The molecule has 1 aliphatic heterocycles. The predicted octanol–water partition coefficient (Wildman–Crippen LogP) is 3.99. The van der Waals surface area contributed by atoms with Crippen molar-refractivity contribution < 1.29 is 14.6 Å². The molecular formula is C23H26N4O3. The van der Waals surface area contributed by atoms with Gasteiger partial charge in [-0.1, -0.05) is 24.3 Å². The van der Waals surface area contributed by atoms with Crippen LogP contribution in [-0.2, 0) is 0 Å². The number of fused-ring (bicyclic) bond motifs is 1. The zero-order valence-electron chi connectivity index (χ0n) is 17.5. The first-order chi connectivity index (χ1) is 14.4. The van der Waals surface area contributed by atoms with E-state index in [1.54, 1.807) is 25.1 Å². The molecule has 0 atom stereocenters. The second-order valence-corrected chi connectivity index (χ2v) is 8.00. The number of anilines is 1. The molecule has 2 amide bonds. The van der Waals surface area contributed by atoms with Gasteiger partial charge in [0.1, 0.15) is 16.8 Å². The summed E-state index contributed by atoms with van der Waals surface area (Å²) in [7, 11) is 1.59. The third kappa shape index (κ3) is 3.93. The monoisotopic (exact) mass is 406 g/mol. The topological polar surface area (TPSA) is 87.6 Å². The van der Waals surface area contributed by atoms with Crippen LogP contribution in [0.4, 0.5) is 10.6 Å². The fraction of sp³-hybridized carbons (Fsp3) is 0.348. The second kappa shape index (κ2) is 7.91. The third-order valence-electron chi connectivity index (χ3n) is 5.68. The van der Waals surface area contributed by atoms with Gasteiger partial charge in [0.2, 0.25) is 0 Å². The molecular weight excluding hydrogens is 380 g/mol. The number of hydrogen-bond acceptors (Lipinski definition) is 5. The van der Waals surface area contributed by atoms with E-state index in [9.17, 15) is 9.90 Å². The van der Waals surface area contributed by atoms with Crippen molar-refractivity contribution in [1.29, 1.82) is 0 Å². The lowest BCUT2D eigenvalue weighted by Gasteiger charge is -2.35. The van der Waals surface area contributed by atoms with Gasteiger partial charge in [0.25, 0.3) is 0 Å². The fourth-order valence-electron chi connectivity index (χ4n) is 3.77. The summed E-state index contributed by atoms with van der Waals surface area (Å²) in [4.78, 5) is 23.6. The molecule has 0 aliphatic carbocycles. The van der Waals surface area contributed by atoms with Gasteiger partial charge in [-0.2, -0.15) is 0 Å². The standard InChI is InChI=1S/C23H26N4O3/c1-15-6-4-5-7-16(15)17-8-9-18(30-3)21-20(17)24-14-19(25-21)26-22(28)27-12-10-23(2,29)11-13-27/h4-9,14,29H,10-13H2,1-3H3,(H,25,26,28). The van der Waals surface area contributed by atoms with E-state index in [1.165, 1.54) is 0 Å². The summed E-state index contributed by atoms with van der Waals surface area (Å²) >= 11 is 0. The van der Waals surface area contributed by atoms with Crippen molar-refractivity contribution >= 4 is 22.9 Å². The predicted molar refractivity (Wildman–Crippen MR) is 117 cm³/mol. The van der Waals surface area contributed by atoms with Crippen molar-refractivity contribution in [1.82, 2.24) is 14.9 Å². The van der Waals surface area contributed by atoms with Gasteiger partial charge in [-0.25, -0.2) is 14.8 Å². The minimum atomic E-state index is -0.709. The molecule has 0 saturated carbocycles. The number of urea groups is 1. The number of nitrogens with zero attached hydrogens (tertiary/aromatic N) is 3. The van der Waals surface area contributed by atoms with Crippen molar-refractivity contribution in [3.05, 3.63) is 48.2 Å². The molecule has 3 aromatic rings. The number of amides is 2. The van der Waals surface area contributed by atoms with E-state index in [0.29, 0.717) is 43.0 Å². The Morgan fingerprint density at radius 2 is 1.87 bits per heavy atom. The van der Waals surface area contributed by atoms with Crippen LogP contribution in [0.1, 0.15) is 25.3 Å². The van der Waals surface area contributed by atoms with E-state index in [4.69, 9.17) is 4.74 Å². The molecule has 4 rings (SSSR count). The van der Waals surface area contributed by atoms with Gasteiger partial charge in [0, 0.05) is 18.7 Å². The molecule has 30 heavy (non-hydrogen) atoms. The Kier molecular flexibility index (Phi) is 5.30. The summed E-state index contributed by atoms with van der Waals surface area (Å²) < 4.78 is 5.49.